The van der Waals surface area contributed by atoms with E-state index >= 15 is 0 Å². The normalized spacial score (nSPS) is 10.6. The number of hydrogen-bond donors (Lipinski definition) is 1. The first-order valence-electron chi connectivity index (χ1n) is 5.53. The topological polar surface area (TPSA) is 55.1 Å². The van der Waals surface area contributed by atoms with E-state index in [-0.39, 0.29) is 5.91 Å². The van der Waals surface area contributed by atoms with Crippen LogP contribution in [0.25, 0.3) is 0 Å². The van der Waals surface area contributed by atoms with Gasteiger partial charge in [-0.2, -0.15) is 0 Å². The lowest BCUT2D eigenvalue weighted by molar-refractivity contribution is 0.0952. The molecule has 0 fully saturated rings. The van der Waals surface area contributed by atoms with E-state index < -0.39 is 0 Å². The summed E-state index contributed by atoms with van der Waals surface area (Å²) in [7, 11) is 0. The van der Waals surface area contributed by atoms with E-state index in [0.29, 0.717) is 23.6 Å². The molecule has 2 aromatic heterocycles. The van der Waals surface area contributed by atoms with Crippen molar-refractivity contribution < 1.29 is 9.32 Å². The third-order valence-electron chi connectivity index (χ3n) is 2.55. The molecule has 0 saturated heterocycles. The average molecular weight is 285 g/mol. The maximum Gasteiger partial charge on any atom is 0.256 e. The first kappa shape index (κ1) is 13.1. The Balaban J connectivity index is 1.89. The van der Waals surface area contributed by atoms with Crippen LogP contribution in [0, 0.1) is 13.8 Å². The van der Waals surface area contributed by atoms with Crippen LogP contribution in [-0.2, 0) is 6.42 Å². The summed E-state index contributed by atoms with van der Waals surface area (Å²) >= 11 is 7.36. The van der Waals surface area contributed by atoms with Gasteiger partial charge >= 0.3 is 0 Å². The van der Waals surface area contributed by atoms with Crippen LogP contribution in [-0.4, -0.2) is 17.6 Å². The van der Waals surface area contributed by atoms with Crippen LogP contribution in [0.4, 0.5) is 0 Å². The molecular formula is C12H13ClN2O2S. The molecule has 0 aliphatic heterocycles. The summed E-state index contributed by atoms with van der Waals surface area (Å²) in [4.78, 5) is 13.1. The third kappa shape index (κ3) is 2.91. The second-order valence-electron chi connectivity index (χ2n) is 3.91. The van der Waals surface area contributed by atoms with E-state index in [4.69, 9.17) is 16.1 Å². The minimum absolute atomic E-state index is 0.145. The molecule has 0 aliphatic carbocycles. The predicted octanol–water partition coefficient (Wildman–Crippen LogP) is 2.98. The number of carbonyl (C=O) groups is 1. The summed E-state index contributed by atoms with van der Waals surface area (Å²) in [6.07, 6.45) is 0.770. The van der Waals surface area contributed by atoms with Gasteiger partial charge in [0, 0.05) is 11.4 Å². The van der Waals surface area contributed by atoms with Gasteiger partial charge in [-0.05, 0) is 32.4 Å². The van der Waals surface area contributed by atoms with Gasteiger partial charge in [-0.3, -0.25) is 4.79 Å². The van der Waals surface area contributed by atoms with Crippen molar-refractivity contribution >= 4 is 28.8 Å². The SMILES string of the molecule is Cc1noc(C)c1C(=O)NCCc1ccc(Cl)s1. The number of carbonyl (C=O) groups excluding carboxylic acids is 1. The van der Waals surface area contributed by atoms with E-state index in [0.717, 1.165) is 15.6 Å². The molecule has 96 valence electrons. The quantitative estimate of drug-likeness (QED) is 0.939. The molecule has 6 heteroatoms. The average Bonchev–Trinajstić information content (AvgIpc) is 2.86. The van der Waals surface area contributed by atoms with E-state index in [1.165, 1.54) is 11.3 Å². The van der Waals surface area contributed by atoms with E-state index in [1.54, 1.807) is 13.8 Å². The molecule has 0 aromatic carbocycles. The highest BCUT2D eigenvalue weighted by molar-refractivity contribution is 7.16. The van der Waals surface area contributed by atoms with E-state index in [1.807, 2.05) is 12.1 Å². The highest BCUT2D eigenvalue weighted by Crippen LogP contribution is 2.21. The summed E-state index contributed by atoms with van der Waals surface area (Å²) in [6.45, 7) is 4.05. The van der Waals surface area contributed by atoms with Gasteiger partial charge in [0.1, 0.15) is 11.3 Å². The molecule has 0 aliphatic rings. The van der Waals surface area contributed by atoms with Crippen molar-refractivity contribution in [3.05, 3.63) is 38.4 Å². The fourth-order valence-electron chi connectivity index (χ4n) is 1.68. The Morgan fingerprint density at radius 1 is 1.50 bits per heavy atom. The number of aryl methyl sites for hydroxylation is 2. The molecule has 0 atom stereocenters. The van der Waals surface area contributed by atoms with Crippen LogP contribution in [0.2, 0.25) is 4.34 Å². The van der Waals surface area contributed by atoms with Crippen molar-refractivity contribution in [1.82, 2.24) is 10.5 Å². The zero-order chi connectivity index (χ0) is 13.1. The zero-order valence-corrected chi connectivity index (χ0v) is 11.7. The number of aromatic nitrogens is 1. The van der Waals surface area contributed by atoms with Crippen molar-refractivity contribution in [3.8, 4) is 0 Å². The largest absolute Gasteiger partial charge is 0.361 e. The minimum Gasteiger partial charge on any atom is -0.361 e. The Labute approximate surface area is 114 Å². The molecule has 0 saturated carbocycles. The van der Waals surface area contributed by atoms with Gasteiger partial charge in [0.15, 0.2) is 0 Å². The number of halogens is 1. The molecule has 1 amide bonds. The van der Waals surface area contributed by atoms with Crippen molar-refractivity contribution in [1.29, 1.82) is 0 Å². The monoisotopic (exact) mass is 284 g/mol. The number of rotatable bonds is 4. The summed E-state index contributed by atoms with van der Waals surface area (Å²) in [5.74, 6) is 0.401. The zero-order valence-electron chi connectivity index (χ0n) is 10.1. The molecule has 1 N–H and O–H groups in total. The number of nitrogens with zero attached hydrogens (tertiary/aromatic N) is 1. The molecule has 4 nitrogen and oxygen atoms in total. The maximum absolute atomic E-state index is 11.9. The highest BCUT2D eigenvalue weighted by Gasteiger charge is 2.16. The minimum atomic E-state index is -0.145. The number of nitrogens with one attached hydrogen (secondary N) is 1. The lowest BCUT2D eigenvalue weighted by atomic mass is 10.2. The Morgan fingerprint density at radius 3 is 2.83 bits per heavy atom. The Hall–Kier alpha value is -1.33. The van der Waals surface area contributed by atoms with Crippen LogP contribution in [0.15, 0.2) is 16.7 Å². The molecule has 2 heterocycles. The molecule has 2 aromatic rings. The first-order valence-corrected chi connectivity index (χ1v) is 6.72. The highest BCUT2D eigenvalue weighted by atomic mass is 35.5. The maximum atomic E-state index is 11.9. The Kier molecular flexibility index (Phi) is 4.04. The van der Waals surface area contributed by atoms with Crippen molar-refractivity contribution in [2.45, 2.75) is 20.3 Å². The van der Waals surface area contributed by atoms with Gasteiger partial charge in [0.2, 0.25) is 0 Å². The van der Waals surface area contributed by atoms with Crippen LogP contribution >= 0.6 is 22.9 Å². The summed E-state index contributed by atoms with van der Waals surface area (Å²) in [6, 6.07) is 3.83. The summed E-state index contributed by atoms with van der Waals surface area (Å²) in [5.41, 5.74) is 1.14. The van der Waals surface area contributed by atoms with Gasteiger partial charge in [0.05, 0.1) is 10.0 Å². The molecule has 18 heavy (non-hydrogen) atoms. The molecular weight excluding hydrogens is 272 g/mol. The number of amides is 1. The molecule has 2 rings (SSSR count). The van der Waals surface area contributed by atoms with Crippen LogP contribution in [0.5, 0.6) is 0 Å². The molecule has 0 bridgehead atoms. The van der Waals surface area contributed by atoms with Gasteiger partial charge in [-0.1, -0.05) is 16.8 Å². The standard InChI is InChI=1S/C12H13ClN2O2S/c1-7-11(8(2)17-15-7)12(16)14-6-5-9-3-4-10(13)18-9/h3-4H,5-6H2,1-2H3,(H,14,16). The summed E-state index contributed by atoms with van der Waals surface area (Å²) in [5, 5.41) is 6.60. The molecule has 0 spiro atoms. The number of hydrogen-bond acceptors (Lipinski definition) is 4. The predicted molar refractivity (Wildman–Crippen MR) is 71.3 cm³/mol. The van der Waals surface area contributed by atoms with Crippen molar-refractivity contribution in [2.75, 3.05) is 6.54 Å². The fourth-order valence-corrected chi connectivity index (χ4v) is 2.77. The van der Waals surface area contributed by atoms with E-state index in [9.17, 15) is 4.79 Å². The number of thiophene rings is 1. The van der Waals surface area contributed by atoms with Crippen molar-refractivity contribution in [2.24, 2.45) is 0 Å². The first-order chi connectivity index (χ1) is 8.58. The lowest BCUT2D eigenvalue weighted by Crippen LogP contribution is -2.26. The third-order valence-corrected chi connectivity index (χ3v) is 3.84. The van der Waals surface area contributed by atoms with Gasteiger partial charge in [-0.25, -0.2) is 0 Å². The van der Waals surface area contributed by atoms with Gasteiger partial charge in [-0.15, -0.1) is 11.3 Å². The van der Waals surface area contributed by atoms with Gasteiger partial charge < -0.3 is 9.84 Å². The van der Waals surface area contributed by atoms with Crippen LogP contribution in [0.1, 0.15) is 26.7 Å². The smallest absolute Gasteiger partial charge is 0.256 e. The van der Waals surface area contributed by atoms with Crippen LogP contribution in [0.3, 0.4) is 0 Å². The Morgan fingerprint density at radius 2 is 2.28 bits per heavy atom. The lowest BCUT2D eigenvalue weighted by Gasteiger charge is -2.03. The van der Waals surface area contributed by atoms with Gasteiger partial charge in [0.25, 0.3) is 5.91 Å². The summed E-state index contributed by atoms with van der Waals surface area (Å²) < 4.78 is 5.72. The molecule has 0 unspecified atom stereocenters. The van der Waals surface area contributed by atoms with E-state index in [2.05, 4.69) is 10.5 Å². The Bertz CT molecular complexity index is 543. The second kappa shape index (κ2) is 5.54. The van der Waals surface area contributed by atoms with Crippen molar-refractivity contribution in [3.63, 3.8) is 0 Å². The van der Waals surface area contributed by atoms with Crippen LogP contribution < -0.4 is 5.32 Å². The second-order valence-corrected chi connectivity index (χ2v) is 5.71. The fraction of sp³-hybridized carbons (Fsp3) is 0.333. The molecule has 0 radical (unpaired) electrons.